The van der Waals surface area contributed by atoms with Gasteiger partial charge in [-0.2, -0.15) is 5.10 Å². The van der Waals surface area contributed by atoms with Crippen LogP contribution < -0.4 is 0 Å². The largest absolute Gasteiger partial charge is 0.340 e. The zero-order valence-electron chi connectivity index (χ0n) is 18.0. The zero-order valence-corrected chi connectivity index (χ0v) is 18.9. The molecule has 3 aromatic heterocycles. The monoisotopic (exact) mass is 433 g/mol. The summed E-state index contributed by atoms with van der Waals surface area (Å²) in [5, 5.41) is 7.92. The minimum Gasteiger partial charge on any atom is -0.340 e. The maximum Gasteiger partial charge on any atom is 0.222 e. The lowest BCUT2D eigenvalue weighted by Gasteiger charge is -2.34. The molecule has 160 valence electrons. The molecule has 5 rings (SSSR count). The van der Waals surface area contributed by atoms with E-state index < -0.39 is 0 Å². The van der Waals surface area contributed by atoms with Gasteiger partial charge < -0.3 is 4.90 Å². The first-order valence-corrected chi connectivity index (χ1v) is 11.7. The van der Waals surface area contributed by atoms with Gasteiger partial charge in [0.15, 0.2) is 5.65 Å². The number of fused-ring (bicyclic) bond motifs is 3. The van der Waals surface area contributed by atoms with Crippen molar-refractivity contribution in [1.82, 2.24) is 24.4 Å². The molecule has 0 unspecified atom stereocenters. The van der Waals surface area contributed by atoms with E-state index in [4.69, 9.17) is 10.1 Å². The van der Waals surface area contributed by atoms with Crippen molar-refractivity contribution in [3.8, 4) is 0 Å². The Morgan fingerprint density at radius 3 is 2.65 bits per heavy atom. The number of piperazine rings is 1. The molecule has 1 saturated heterocycles. The molecule has 1 amide bonds. The lowest BCUT2D eigenvalue weighted by Crippen LogP contribution is -2.48. The van der Waals surface area contributed by atoms with Crippen LogP contribution in [-0.4, -0.2) is 56.5 Å². The fourth-order valence-corrected chi connectivity index (χ4v) is 5.25. The Kier molecular flexibility index (Phi) is 5.46. The van der Waals surface area contributed by atoms with Crippen LogP contribution in [0.25, 0.3) is 16.6 Å². The Morgan fingerprint density at radius 1 is 1.06 bits per heavy atom. The second-order valence-corrected chi connectivity index (χ2v) is 9.28. The second-order valence-electron chi connectivity index (χ2n) is 8.25. The molecule has 0 aliphatic carbocycles. The van der Waals surface area contributed by atoms with Crippen molar-refractivity contribution in [2.75, 3.05) is 26.2 Å². The van der Waals surface area contributed by atoms with E-state index in [1.165, 1.54) is 4.88 Å². The topological polar surface area (TPSA) is 53.7 Å². The number of rotatable bonds is 5. The summed E-state index contributed by atoms with van der Waals surface area (Å²) >= 11 is 1.80. The number of aromatic nitrogens is 3. The van der Waals surface area contributed by atoms with E-state index in [-0.39, 0.29) is 5.91 Å². The lowest BCUT2D eigenvalue weighted by molar-refractivity contribution is -0.132. The van der Waals surface area contributed by atoms with Crippen molar-refractivity contribution in [3.63, 3.8) is 0 Å². The van der Waals surface area contributed by atoms with E-state index in [0.29, 0.717) is 12.8 Å². The van der Waals surface area contributed by atoms with Gasteiger partial charge >= 0.3 is 0 Å². The summed E-state index contributed by atoms with van der Waals surface area (Å²) in [5.74, 6) is 0.236. The van der Waals surface area contributed by atoms with Gasteiger partial charge in [-0.1, -0.05) is 18.2 Å². The predicted molar refractivity (Wildman–Crippen MR) is 124 cm³/mol. The second kappa shape index (κ2) is 8.40. The van der Waals surface area contributed by atoms with Crippen LogP contribution >= 0.6 is 11.3 Å². The van der Waals surface area contributed by atoms with E-state index >= 15 is 0 Å². The molecule has 0 saturated carbocycles. The predicted octanol–water partition coefficient (Wildman–Crippen LogP) is 3.84. The fourth-order valence-electron chi connectivity index (χ4n) is 4.51. The first kappa shape index (κ1) is 20.2. The number of nitrogens with zero attached hydrogens (tertiary/aromatic N) is 5. The van der Waals surface area contributed by atoms with Crippen LogP contribution in [0.1, 0.15) is 28.2 Å². The Balaban J connectivity index is 1.24. The molecule has 4 heterocycles. The van der Waals surface area contributed by atoms with Gasteiger partial charge in [0.05, 0.1) is 5.52 Å². The highest BCUT2D eigenvalue weighted by Crippen LogP contribution is 2.23. The Bertz CT molecular complexity index is 1220. The Hall–Kier alpha value is -2.77. The van der Waals surface area contributed by atoms with E-state index in [1.807, 2.05) is 34.5 Å². The summed E-state index contributed by atoms with van der Waals surface area (Å²) in [5.41, 5.74) is 5.04. The van der Waals surface area contributed by atoms with Crippen molar-refractivity contribution in [2.24, 2.45) is 0 Å². The average molecular weight is 434 g/mol. The summed E-state index contributed by atoms with van der Waals surface area (Å²) in [6.07, 6.45) is 1.21. The number of carbonyl (C=O) groups is 1. The lowest BCUT2D eigenvalue weighted by atomic mass is 10.1. The smallest absolute Gasteiger partial charge is 0.222 e. The third-order valence-corrected chi connectivity index (χ3v) is 7.15. The molecule has 0 bridgehead atoms. The highest BCUT2D eigenvalue weighted by Gasteiger charge is 2.22. The molecule has 1 aliphatic heterocycles. The Labute approximate surface area is 186 Å². The summed E-state index contributed by atoms with van der Waals surface area (Å²) in [4.78, 5) is 23.6. The minimum absolute atomic E-state index is 0.236. The van der Waals surface area contributed by atoms with Crippen molar-refractivity contribution in [3.05, 3.63) is 63.6 Å². The van der Waals surface area contributed by atoms with Gasteiger partial charge in [-0.25, -0.2) is 9.50 Å². The van der Waals surface area contributed by atoms with Gasteiger partial charge in [0.25, 0.3) is 0 Å². The standard InChI is InChI=1S/C24H27N5OS/c1-17-20(18(2)29-24(25-17)21-7-3-4-8-22(21)26-29)9-10-23(30)28-13-11-27(12-14-28)16-19-6-5-15-31-19/h3-8,15H,9-14,16H2,1-2H3. The fraction of sp³-hybridized carbons (Fsp3) is 0.375. The maximum atomic E-state index is 12.9. The van der Waals surface area contributed by atoms with Crippen molar-refractivity contribution in [1.29, 1.82) is 0 Å². The van der Waals surface area contributed by atoms with Gasteiger partial charge in [0.1, 0.15) is 0 Å². The Morgan fingerprint density at radius 2 is 1.87 bits per heavy atom. The van der Waals surface area contributed by atoms with Crippen molar-refractivity contribution in [2.45, 2.75) is 33.2 Å². The highest BCUT2D eigenvalue weighted by atomic mass is 32.1. The summed E-state index contributed by atoms with van der Waals surface area (Å²) in [6, 6.07) is 12.4. The van der Waals surface area contributed by atoms with Crippen molar-refractivity contribution >= 4 is 33.8 Å². The van der Waals surface area contributed by atoms with Crippen LogP contribution in [-0.2, 0) is 17.8 Å². The molecule has 6 nitrogen and oxygen atoms in total. The molecule has 1 fully saturated rings. The van der Waals surface area contributed by atoms with Gasteiger partial charge in [0.2, 0.25) is 5.91 Å². The molecule has 7 heteroatoms. The molecule has 0 radical (unpaired) electrons. The van der Waals surface area contributed by atoms with E-state index in [1.54, 1.807) is 11.3 Å². The van der Waals surface area contributed by atoms with Crippen LogP contribution in [0, 0.1) is 13.8 Å². The molecular weight excluding hydrogens is 406 g/mol. The van der Waals surface area contributed by atoms with Gasteiger partial charge in [-0.3, -0.25) is 9.69 Å². The van der Waals surface area contributed by atoms with E-state index in [2.05, 4.69) is 35.4 Å². The number of amides is 1. The van der Waals surface area contributed by atoms with Crippen LogP contribution in [0.4, 0.5) is 0 Å². The van der Waals surface area contributed by atoms with E-state index in [9.17, 15) is 4.79 Å². The van der Waals surface area contributed by atoms with Crippen molar-refractivity contribution < 1.29 is 4.79 Å². The maximum absolute atomic E-state index is 12.9. The molecule has 1 aliphatic rings. The average Bonchev–Trinajstić information content (AvgIpc) is 3.42. The third kappa shape index (κ3) is 3.95. The molecule has 31 heavy (non-hydrogen) atoms. The molecule has 0 atom stereocenters. The number of aryl methyl sites for hydroxylation is 2. The SMILES string of the molecule is Cc1nc2c3ccccc3nn2c(C)c1CCC(=O)N1CCN(Cc2cccs2)CC1. The first-order chi connectivity index (χ1) is 15.1. The van der Waals surface area contributed by atoms with Gasteiger partial charge in [-0.05, 0) is 49.4 Å². The molecule has 4 aromatic rings. The van der Waals surface area contributed by atoms with Crippen LogP contribution in [0.3, 0.4) is 0 Å². The van der Waals surface area contributed by atoms with Gasteiger partial charge in [-0.15, -0.1) is 11.3 Å². The minimum atomic E-state index is 0.236. The summed E-state index contributed by atoms with van der Waals surface area (Å²) < 4.78 is 1.93. The number of benzene rings is 1. The van der Waals surface area contributed by atoms with Gasteiger partial charge in [0, 0.05) is 60.8 Å². The number of thiophene rings is 1. The zero-order chi connectivity index (χ0) is 21.4. The molecule has 1 aromatic carbocycles. The van der Waals surface area contributed by atoms with Crippen LogP contribution in [0.5, 0.6) is 0 Å². The van der Waals surface area contributed by atoms with Crippen LogP contribution in [0.15, 0.2) is 41.8 Å². The first-order valence-electron chi connectivity index (χ1n) is 10.9. The quantitative estimate of drug-likeness (QED) is 0.480. The molecule has 0 spiro atoms. The molecule has 0 N–H and O–H groups in total. The molecular formula is C24H27N5OS. The number of hydrogen-bond donors (Lipinski definition) is 0. The third-order valence-electron chi connectivity index (χ3n) is 6.29. The number of hydrogen-bond acceptors (Lipinski definition) is 5. The number of carbonyl (C=O) groups excluding carboxylic acids is 1. The van der Waals surface area contributed by atoms with Crippen LogP contribution in [0.2, 0.25) is 0 Å². The normalized spacial score (nSPS) is 15.2. The summed E-state index contributed by atoms with van der Waals surface area (Å²) in [7, 11) is 0. The van der Waals surface area contributed by atoms with E-state index in [0.717, 1.165) is 66.2 Å². The summed E-state index contributed by atoms with van der Waals surface area (Å²) in [6.45, 7) is 8.61. The highest BCUT2D eigenvalue weighted by molar-refractivity contribution is 7.09.